The number of carbonyl (C=O) groups excluding carboxylic acids is 1. The second kappa shape index (κ2) is 11.5. The fraction of sp³-hybridized carbons (Fsp3) is 0.600. The Morgan fingerprint density at radius 1 is 1.21 bits per heavy atom. The predicted molar refractivity (Wildman–Crippen MR) is 72.3 cm³/mol. The average Bonchev–Trinajstić information content (AvgIpc) is 2.17. The Morgan fingerprint density at radius 3 is 2.50 bits per heavy atom. The van der Waals surface area contributed by atoms with Gasteiger partial charge in [-0.2, -0.15) is 23.5 Å². The van der Waals surface area contributed by atoms with Crippen LogP contribution in [0.4, 0.5) is 0 Å². The minimum Gasteiger partial charge on any atom is -0.282 e. The van der Waals surface area contributed by atoms with Crippen LogP contribution in [0.2, 0.25) is 0 Å². The van der Waals surface area contributed by atoms with E-state index in [1.165, 1.54) is 23.3 Å². The summed E-state index contributed by atoms with van der Waals surface area (Å²) < 4.78 is 0. The molecule has 0 aromatic rings. The van der Waals surface area contributed by atoms with Gasteiger partial charge >= 0.3 is 0 Å². The van der Waals surface area contributed by atoms with Gasteiger partial charge in [-0.15, -0.1) is 0 Å². The molecular weight excluding hydrogens is 232 g/mol. The van der Waals surface area contributed by atoms with Crippen molar-refractivity contribution in [3.05, 3.63) is 19.1 Å². The van der Waals surface area contributed by atoms with Gasteiger partial charge in [-0.3, -0.25) is 4.79 Å². The lowest BCUT2D eigenvalue weighted by Gasteiger charge is -1.99. The zero-order valence-electron chi connectivity index (χ0n) is 8.53. The van der Waals surface area contributed by atoms with E-state index in [1.54, 1.807) is 12.2 Å². The monoisotopic (exact) mass is 249 g/mol. The third kappa shape index (κ3) is 10.5. The first-order chi connectivity index (χ1) is 6.81. The highest BCUT2D eigenvalue weighted by molar-refractivity contribution is 8.14. The quantitative estimate of drug-likeness (QED) is 0.485. The summed E-state index contributed by atoms with van der Waals surface area (Å²) in [5, 5.41) is 0.167. The van der Waals surface area contributed by atoms with Crippen molar-refractivity contribution < 1.29 is 4.79 Å². The number of hydrogen-bond acceptors (Lipinski definition) is 4. The average molecular weight is 249 g/mol. The zero-order valence-corrected chi connectivity index (χ0v) is 11.0. The number of thioether (sulfide) groups is 3. The lowest BCUT2D eigenvalue weighted by Crippen LogP contribution is -1.93. The zero-order chi connectivity index (χ0) is 10.6. The molecule has 0 bridgehead atoms. The summed E-state index contributed by atoms with van der Waals surface area (Å²) in [5.41, 5.74) is 0. The van der Waals surface area contributed by atoms with Gasteiger partial charge in [0.25, 0.3) is 0 Å². The van der Waals surface area contributed by atoms with Crippen LogP contribution in [0.25, 0.3) is 0 Å². The summed E-state index contributed by atoms with van der Waals surface area (Å²) in [5.74, 6) is 5.27. The molecule has 0 aliphatic rings. The molecule has 0 N–H and O–H groups in total. The highest BCUT2D eigenvalue weighted by atomic mass is 32.2. The van der Waals surface area contributed by atoms with Crippen molar-refractivity contribution in [3.8, 4) is 0 Å². The van der Waals surface area contributed by atoms with Crippen molar-refractivity contribution in [2.24, 2.45) is 0 Å². The third-order valence-corrected chi connectivity index (χ3v) is 4.40. The molecule has 0 fully saturated rings. The maximum absolute atomic E-state index is 11.0. The normalized spacial score (nSPS) is 11.0. The van der Waals surface area contributed by atoms with Crippen LogP contribution < -0.4 is 0 Å². The van der Waals surface area contributed by atoms with Crippen molar-refractivity contribution in [3.63, 3.8) is 0 Å². The molecule has 0 spiro atoms. The predicted octanol–water partition coefficient (Wildman–Crippen LogP) is 3.12. The molecular formula is C10H17OS3. The van der Waals surface area contributed by atoms with Crippen LogP contribution in [0.5, 0.6) is 0 Å². The molecule has 0 saturated carbocycles. The maximum atomic E-state index is 11.0. The molecule has 4 heteroatoms. The molecule has 0 aliphatic carbocycles. The Kier molecular flexibility index (Phi) is 11.9. The van der Waals surface area contributed by atoms with Gasteiger partial charge in [-0.25, -0.2) is 0 Å². The Bertz CT molecular complexity index is 169. The first-order valence-electron chi connectivity index (χ1n) is 4.55. The Labute approximate surface area is 99.9 Å². The Morgan fingerprint density at radius 2 is 1.86 bits per heavy atom. The van der Waals surface area contributed by atoms with Crippen molar-refractivity contribution in [1.82, 2.24) is 0 Å². The van der Waals surface area contributed by atoms with Crippen LogP contribution in [0.15, 0.2) is 12.2 Å². The standard InChI is InChI=1S/C10H17OS3/c1-3-5-10(11)14-9-8-13-7-6-12-4-2/h3,5H,2,4,6-9H2,1H3. The number of allylic oxidation sites excluding steroid dienone is 1. The summed E-state index contributed by atoms with van der Waals surface area (Å²) in [6.45, 7) is 5.62. The number of carbonyl (C=O) groups is 1. The molecule has 0 amide bonds. The molecule has 0 rings (SSSR count). The van der Waals surface area contributed by atoms with Gasteiger partial charge in [0.1, 0.15) is 0 Å². The first-order valence-corrected chi connectivity index (χ1v) is 7.85. The van der Waals surface area contributed by atoms with E-state index in [-0.39, 0.29) is 5.12 Å². The minimum atomic E-state index is 0.167. The van der Waals surface area contributed by atoms with Crippen LogP contribution in [0, 0.1) is 6.92 Å². The van der Waals surface area contributed by atoms with Crippen molar-refractivity contribution >= 4 is 40.4 Å². The van der Waals surface area contributed by atoms with E-state index in [4.69, 9.17) is 0 Å². The minimum absolute atomic E-state index is 0.167. The molecule has 0 aromatic carbocycles. The fourth-order valence-electron chi connectivity index (χ4n) is 0.707. The highest BCUT2D eigenvalue weighted by Crippen LogP contribution is 2.10. The number of rotatable bonds is 8. The summed E-state index contributed by atoms with van der Waals surface area (Å²) >= 11 is 5.17. The molecule has 81 valence electrons. The summed E-state index contributed by atoms with van der Waals surface area (Å²) in [4.78, 5) is 11.0. The van der Waals surface area contributed by atoms with Crippen LogP contribution in [0.1, 0.15) is 6.92 Å². The van der Waals surface area contributed by atoms with Crippen LogP contribution in [-0.4, -0.2) is 33.9 Å². The van der Waals surface area contributed by atoms with Gasteiger partial charge in [0, 0.05) is 23.0 Å². The van der Waals surface area contributed by atoms with Gasteiger partial charge in [0.05, 0.1) is 0 Å². The second-order valence-electron chi connectivity index (χ2n) is 2.39. The smallest absolute Gasteiger partial charge is 0.211 e. The lowest BCUT2D eigenvalue weighted by atomic mass is 10.6. The third-order valence-electron chi connectivity index (χ3n) is 1.29. The first kappa shape index (κ1) is 14.5. The topological polar surface area (TPSA) is 17.1 Å². The largest absolute Gasteiger partial charge is 0.282 e. The molecule has 0 unspecified atom stereocenters. The van der Waals surface area contributed by atoms with Gasteiger partial charge in [0.2, 0.25) is 5.12 Å². The summed E-state index contributed by atoms with van der Waals surface area (Å²) in [6, 6.07) is 0. The second-order valence-corrected chi connectivity index (χ2v) is 5.94. The van der Waals surface area contributed by atoms with E-state index >= 15 is 0 Å². The Balaban J connectivity index is 3.09. The van der Waals surface area contributed by atoms with Gasteiger partial charge in [0.15, 0.2) is 0 Å². The van der Waals surface area contributed by atoms with E-state index < -0.39 is 0 Å². The maximum Gasteiger partial charge on any atom is 0.211 e. The van der Waals surface area contributed by atoms with E-state index in [2.05, 4.69) is 6.92 Å². The van der Waals surface area contributed by atoms with Crippen molar-refractivity contribution in [2.75, 3.05) is 28.8 Å². The van der Waals surface area contributed by atoms with E-state index in [0.29, 0.717) is 0 Å². The lowest BCUT2D eigenvalue weighted by molar-refractivity contribution is -0.107. The number of hydrogen-bond donors (Lipinski definition) is 0. The van der Waals surface area contributed by atoms with Gasteiger partial charge < -0.3 is 0 Å². The van der Waals surface area contributed by atoms with E-state index in [0.717, 1.165) is 17.3 Å². The Hall–Kier alpha value is 0.460. The highest BCUT2D eigenvalue weighted by Gasteiger charge is 1.96. The van der Waals surface area contributed by atoms with Crippen molar-refractivity contribution in [2.45, 2.75) is 6.92 Å². The van der Waals surface area contributed by atoms with Gasteiger partial charge in [-0.1, -0.05) is 17.8 Å². The molecule has 0 atom stereocenters. The molecule has 0 aromatic heterocycles. The molecule has 1 nitrogen and oxygen atoms in total. The summed E-state index contributed by atoms with van der Waals surface area (Å²) in [6.07, 6.45) is 3.40. The molecule has 0 heterocycles. The fourth-order valence-corrected chi connectivity index (χ4v) is 3.30. The molecule has 0 saturated heterocycles. The van der Waals surface area contributed by atoms with Crippen molar-refractivity contribution in [1.29, 1.82) is 0 Å². The van der Waals surface area contributed by atoms with Crippen LogP contribution >= 0.6 is 35.3 Å². The van der Waals surface area contributed by atoms with Gasteiger partial charge in [-0.05, 0) is 25.7 Å². The van der Waals surface area contributed by atoms with Crippen LogP contribution in [0.3, 0.4) is 0 Å². The van der Waals surface area contributed by atoms with E-state index in [1.807, 2.05) is 30.4 Å². The molecule has 1 radical (unpaired) electrons. The molecule has 14 heavy (non-hydrogen) atoms. The SMILES string of the molecule is [CH2]CSCCSCCSC(=O)C=CC. The van der Waals surface area contributed by atoms with Crippen LogP contribution in [-0.2, 0) is 4.79 Å². The molecule has 0 aliphatic heterocycles. The summed E-state index contributed by atoms with van der Waals surface area (Å²) in [7, 11) is 0. The van der Waals surface area contributed by atoms with E-state index in [9.17, 15) is 4.79 Å².